The summed E-state index contributed by atoms with van der Waals surface area (Å²) in [5, 5.41) is 12.6. The molecule has 0 radical (unpaired) electrons. The highest BCUT2D eigenvalue weighted by Crippen LogP contribution is 2.19. The predicted octanol–water partition coefficient (Wildman–Crippen LogP) is 4.47. The van der Waals surface area contributed by atoms with Crippen molar-refractivity contribution >= 4 is 5.71 Å². The van der Waals surface area contributed by atoms with E-state index in [2.05, 4.69) is 32.9 Å². The molecule has 15 heavy (non-hydrogen) atoms. The van der Waals surface area contributed by atoms with E-state index < -0.39 is 0 Å². The molecule has 0 saturated carbocycles. The molecule has 0 aromatic rings. The Kier molecular flexibility index (Phi) is 8.44. The molecule has 90 valence electrons. The first-order valence-corrected chi connectivity index (χ1v) is 6.39. The molecule has 0 bridgehead atoms. The van der Waals surface area contributed by atoms with E-state index in [4.69, 9.17) is 5.21 Å². The molecule has 2 atom stereocenters. The molecule has 0 fully saturated rings. The van der Waals surface area contributed by atoms with Crippen molar-refractivity contribution in [2.75, 3.05) is 0 Å². The molecule has 0 aromatic carbocycles. The third kappa shape index (κ3) is 5.81. The highest BCUT2D eigenvalue weighted by atomic mass is 16.4. The average molecular weight is 213 g/mol. The van der Waals surface area contributed by atoms with Crippen molar-refractivity contribution < 1.29 is 5.21 Å². The van der Waals surface area contributed by atoms with Crippen molar-refractivity contribution in [2.45, 2.75) is 66.2 Å². The number of nitrogens with zero attached hydrogens (tertiary/aromatic N) is 1. The van der Waals surface area contributed by atoms with Crippen LogP contribution in [0.3, 0.4) is 0 Å². The molecule has 2 nitrogen and oxygen atoms in total. The average Bonchev–Trinajstić information content (AvgIpc) is 2.24. The summed E-state index contributed by atoms with van der Waals surface area (Å²) in [6.45, 7) is 8.74. The minimum atomic E-state index is 0.432. The topological polar surface area (TPSA) is 32.6 Å². The zero-order chi connectivity index (χ0) is 11.7. The van der Waals surface area contributed by atoms with E-state index in [0.717, 1.165) is 18.6 Å². The van der Waals surface area contributed by atoms with Gasteiger partial charge in [-0.3, -0.25) is 0 Å². The van der Waals surface area contributed by atoms with Crippen molar-refractivity contribution in [3.8, 4) is 0 Å². The normalized spacial score (nSPS) is 14.7. The van der Waals surface area contributed by atoms with E-state index in [1.807, 2.05) is 0 Å². The lowest BCUT2D eigenvalue weighted by Gasteiger charge is -2.18. The van der Waals surface area contributed by atoms with E-state index >= 15 is 0 Å². The van der Waals surface area contributed by atoms with Gasteiger partial charge in [0.25, 0.3) is 0 Å². The van der Waals surface area contributed by atoms with E-state index in [9.17, 15) is 0 Å². The Balaban J connectivity index is 4.10. The van der Waals surface area contributed by atoms with Gasteiger partial charge in [0.15, 0.2) is 0 Å². The zero-order valence-corrected chi connectivity index (χ0v) is 10.8. The smallest absolute Gasteiger partial charge is 0.0626 e. The van der Waals surface area contributed by atoms with E-state index in [1.165, 1.54) is 25.7 Å². The second kappa shape index (κ2) is 8.75. The highest BCUT2D eigenvalue weighted by Gasteiger charge is 2.17. The van der Waals surface area contributed by atoms with Crippen LogP contribution in [0.15, 0.2) is 5.16 Å². The number of oxime groups is 1. The van der Waals surface area contributed by atoms with Crippen molar-refractivity contribution in [1.29, 1.82) is 0 Å². The second-order valence-electron chi connectivity index (χ2n) is 4.61. The Labute approximate surface area is 94.8 Å². The van der Waals surface area contributed by atoms with Gasteiger partial charge in [-0.05, 0) is 24.7 Å². The minimum absolute atomic E-state index is 0.432. The maximum atomic E-state index is 9.05. The molecule has 0 saturated heterocycles. The fourth-order valence-electron chi connectivity index (χ4n) is 2.00. The summed E-state index contributed by atoms with van der Waals surface area (Å²) in [5.41, 5.74) is 0.997. The van der Waals surface area contributed by atoms with Crippen LogP contribution in [0.5, 0.6) is 0 Å². The zero-order valence-electron chi connectivity index (χ0n) is 10.8. The second-order valence-corrected chi connectivity index (χ2v) is 4.61. The van der Waals surface area contributed by atoms with Crippen molar-refractivity contribution in [2.24, 2.45) is 17.0 Å². The van der Waals surface area contributed by atoms with Crippen molar-refractivity contribution in [3.05, 3.63) is 0 Å². The van der Waals surface area contributed by atoms with Crippen LogP contribution in [0.1, 0.15) is 66.2 Å². The molecule has 0 spiro atoms. The number of rotatable bonds is 8. The summed E-state index contributed by atoms with van der Waals surface area (Å²) in [5.74, 6) is 0.864. The fraction of sp³-hybridized carbons (Fsp3) is 0.923. The molecule has 0 aliphatic carbocycles. The lowest BCUT2D eigenvalue weighted by atomic mass is 9.88. The van der Waals surface area contributed by atoms with Crippen LogP contribution in [-0.4, -0.2) is 10.9 Å². The molecule has 0 aliphatic heterocycles. The molecule has 2 unspecified atom stereocenters. The number of hydrogen-bond donors (Lipinski definition) is 1. The molecule has 0 rings (SSSR count). The Morgan fingerprint density at radius 2 is 1.40 bits per heavy atom. The minimum Gasteiger partial charge on any atom is -0.411 e. The van der Waals surface area contributed by atoms with Gasteiger partial charge < -0.3 is 5.21 Å². The summed E-state index contributed by atoms with van der Waals surface area (Å²) in [7, 11) is 0. The Morgan fingerprint density at radius 3 is 1.67 bits per heavy atom. The number of hydrogen-bond acceptors (Lipinski definition) is 2. The van der Waals surface area contributed by atoms with E-state index in [1.54, 1.807) is 0 Å². The molecular formula is C13H27NO. The molecule has 1 N–H and O–H groups in total. The van der Waals surface area contributed by atoms with Gasteiger partial charge in [0.2, 0.25) is 0 Å². The summed E-state index contributed by atoms with van der Waals surface area (Å²) in [4.78, 5) is 0. The summed E-state index contributed by atoms with van der Waals surface area (Å²) < 4.78 is 0. The lowest BCUT2D eigenvalue weighted by molar-refractivity contribution is 0.308. The molecule has 2 heteroatoms. The third-order valence-electron chi connectivity index (χ3n) is 3.11. The Bertz CT molecular complexity index is 161. The van der Waals surface area contributed by atoms with Crippen LogP contribution in [0.2, 0.25) is 0 Å². The van der Waals surface area contributed by atoms with E-state index in [0.29, 0.717) is 11.8 Å². The monoisotopic (exact) mass is 213 g/mol. The van der Waals surface area contributed by atoms with Crippen LogP contribution in [-0.2, 0) is 0 Å². The highest BCUT2D eigenvalue weighted by molar-refractivity contribution is 5.87. The quantitative estimate of drug-likeness (QED) is 0.360. The van der Waals surface area contributed by atoms with Crippen molar-refractivity contribution in [3.63, 3.8) is 0 Å². The maximum Gasteiger partial charge on any atom is 0.0626 e. The first-order chi connectivity index (χ1) is 7.17. The SMILES string of the molecule is CCCCC(C)C(=NO)C(C)CCCC. The molecule has 0 amide bonds. The summed E-state index contributed by atoms with van der Waals surface area (Å²) in [6.07, 6.45) is 7.17. The standard InChI is InChI=1S/C13H27NO/c1-5-7-9-11(3)13(14-15)12(4)10-8-6-2/h11-12,15H,5-10H2,1-4H3. The molecule has 0 heterocycles. The van der Waals surface area contributed by atoms with Crippen LogP contribution >= 0.6 is 0 Å². The Hall–Kier alpha value is -0.530. The summed E-state index contributed by atoms with van der Waals surface area (Å²) in [6, 6.07) is 0. The van der Waals surface area contributed by atoms with Gasteiger partial charge in [0.1, 0.15) is 0 Å². The van der Waals surface area contributed by atoms with Crippen LogP contribution in [0.25, 0.3) is 0 Å². The van der Waals surface area contributed by atoms with Gasteiger partial charge >= 0.3 is 0 Å². The molecule has 0 aromatic heterocycles. The van der Waals surface area contributed by atoms with Crippen LogP contribution in [0.4, 0.5) is 0 Å². The van der Waals surface area contributed by atoms with E-state index in [-0.39, 0.29) is 0 Å². The number of unbranched alkanes of at least 4 members (excludes halogenated alkanes) is 2. The van der Waals surface area contributed by atoms with Gasteiger partial charge in [-0.1, -0.05) is 58.5 Å². The van der Waals surface area contributed by atoms with Gasteiger partial charge in [0.05, 0.1) is 5.71 Å². The van der Waals surface area contributed by atoms with Crippen LogP contribution in [0, 0.1) is 11.8 Å². The lowest BCUT2D eigenvalue weighted by Crippen LogP contribution is -2.20. The van der Waals surface area contributed by atoms with Gasteiger partial charge in [-0.15, -0.1) is 0 Å². The Morgan fingerprint density at radius 1 is 1.00 bits per heavy atom. The predicted molar refractivity (Wildman–Crippen MR) is 66.6 cm³/mol. The van der Waals surface area contributed by atoms with Gasteiger partial charge in [-0.25, -0.2) is 0 Å². The third-order valence-corrected chi connectivity index (χ3v) is 3.11. The van der Waals surface area contributed by atoms with Crippen LogP contribution < -0.4 is 0 Å². The van der Waals surface area contributed by atoms with Gasteiger partial charge in [-0.2, -0.15) is 0 Å². The van der Waals surface area contributed by atoms with Gasteiger partial charge in [0, 0.05) is 0 Å². The molecule has 0 aliphatic rings. The first-order valence-electron chi connectivity index (χ1n) is 6.39. The van der Waals surface area contributed by atoms with Crippen molar-refractivity contribution in [1.82, 2.24) is 0 Å². The summed E-state index contributed by atoms with van der Waals surface area (Å²) >= 11 is 0. The maximum absolute atomic E-state index is 9.05. The molecular weight excluding hydrogens is 186 g/mol. The largest absolute Gasteiger partial charge is 0.411 e. The first kappa shape index (κ1) is 14.5. The fourth-order valence-corrected chi connectivity index (χ4v) is 2.00.